The van der Waals surface area contributed by atoms with Crippen LogP contribution in [0, 0.1) is 0 Å². The summed E-state index contributed by atoms with van der Waals surface area (Å²) in [5.41, 5.74) is 1.13. The van der Waals surface area contributed by atoms with Crippen molar-refractivity contribution in [1.29, 1.82) is 0 Å². The molecule has 0 spiro atoms. The molecule has 20 heavy (non-hydrogen) atoms. The summed E-state index contributed by atoms with van der Waals surface area (Å²) >= 11 is 0. The summed E-state index contributed by atoms with van der Waals surface area (Å²) in [5, 5.41) is 3.43. The number of nitrogens with one attached hydrogen (secondary N) is 1. The Morgan fingerprint density at radius 3 is 2.90 bits per heavy atom. The summed E-state index contributed by atoms with van der Waals surface area (Å²) < 4.78 is 0. The molecule has 1 N–H and O–H groups in total. The molecule has 1 saturated heterocycles. The number of aromatic nitrogens is 1. The topological polar surface area (TPSA) is 31.4 Å². The maximum absolute atomic E-state index is 4.81. The first-order valence-corrected chi connectivity index (χ1v) is 7.67. The summed E-state index contributed by atoms with van der Waals surface area (Å²) in [4.78, 5) is 9.56. The molecule has 1 unspecified atom stereocenters. The summed E-state index contributed by atoms with van der Waals surface area (Å²) in [6, 6.07) is 7.50. The minimum Gasteiger partial charge on any atom is -0.355 e. The standard InChI is InChI=1S/C16H28N4/c1-13(2)17-11-14-7-5-9-16(18-14)20-10-6-8-15(12-20)19(3)4/h5,7,9,13,15,17H,6,8,10-12H2,1-4H3. The quantitative estimate of drug-likeness (QED) is 0.892. The van der Waals surface area contributed by atoms with E-state index >= 15 is 0 Å². The molecule has 1 atom stereocenters. The number of likely N-dealkylation sites (N-methyl/N-ethyl adjacent to an activating group) is 1. The molecule has 1 aromatic rings. The Labute approximate surface area is 123 Å². The molecule has 0 amide bonds. The first-order chi connectivity index (χ1) is 9.56. The molecule has 1 aromatic heterocycles. The van der Waals surface area contributed by atoms with Crippen molar-refractivity contribution in [1.82, 2.24) is 15.2 Å². The van der Waals surface area contributed by atoms with Crippen molar-refractivity contribution < 1.29 is 0 Å². The second-order valence-electron chi connectivity index (χ2n) is 6.23. The van der Waals surface area contributed by atoms with Crippen LogP contribution in [0.3, 0.4) is 0 Å². The van der Waals surface area contributed by atoms with Gasteiger partial charge in [0.05, 0.1) is 5.69 Å². The highest BCUT2D eigenvalue weighted by molar-refractivity contribution is 5.40. The van der Waals surface area contributed by atoms with Gasteiger partial charge in [-0.25, -0.2) is 4.98 Å². The Kier molecular flexibility index (Phi) is 5.38. The Balaban J connectivity index is 2.02. The first-order valence-electron chi connectivity index (χ1n) is 7.67. The summed E-state index contributed by atoms with van der Waals surface area (Å²) in [6.45, 7) is 7.38. The summed E-state index contributed by atoms with van der Waals surface area (Å²) in [6.07, 6.45) is 2.54. The van der Waals surface area contributed by atoms with E-state index in [2.05, 4.69) is 61.3 Å². The molecule has 4 nitrogen and oxygen atoms in total. The molecule has 1 aliphatic heterocycles. The van der Waals surface area contributed by atoms with Crippen molar-refractivity contribution in [2.24, 2.45) is 0 Å². The van der Waals surface area contributed by atoms with E-state index in [1.54, 1.807) is 0 Å². The van der Waals surface area contributed by atoms with Gasteiger partial charge in [-0.3, -0.25) is 0 Å². The van der Waals surface area contributed by atoms with Crippen molar-refractivity contribution in [3.8, 4) is 0 Å². The number of anilines is 1. The molecule has 1 aliphatic rings. The van der Waals surface area contributed by atoms with E-state index in [4.69, 9.17) is 4.98 Å². The zero-order valence-electron chi connectivity index (χ0n) is 13.3. The van der Waals surface area contributed by atoms with Gasteiger partial charge in [0.25, 0.3) is 0 Å². The SMILES string of the molecule is CC(C)NCc1cccc(N2CCCC(N(C)C)C2)n1. The lowest BCUT2D eigenvalue weighted by Crippen LogP contribution is -2.45. The Morgan fingerprint density at radius 1 is 1.40 bits per heavy atom. The number of piperidine rings is 1. The van der Waals surface area contributed by atoms with Crippen molar-refractivity contribution in [2.45, 2.75) is 45.3 Å². The Bertz CT molecular complexity index is 417. The summed E-state index contributed by atoms with van der Waals surface area (Å²) in [7, 11) is 4.34. The van der Waals surface area contributed by atoms with Gasteiger partial charge in [0.2, 0.25) is 0 Å². The molecular formula is C16H28N4. The Hall–Kier alpha value is -1.13. The van der Waals surface area contributed by atoms with Crippen molar-refractivity contribution in [2.75, 3.05) is 32.1 Å². The fraction of sp³-hybridized carbons (Fsp3) is 0.688. The monoisotopic (exact) mass is 276 g/mol. The first kappa shape index (κ1) is 15.3. The fourth-order valence-corrected chi connectivity index (χ4v) is 2.63. The largest absolute Gasteiger partial charge is 0.355 e. The minimum absolute atomic E-state index is 0.494. The van der Waals surface area contributed by atoms with E-state index in [0.717, 1.165) is 31.1 Å². The molecule has 0 saturated carbocycles. The molecule has 0 bridgehead atoms. The molecule has 1 fully saturated rings. The zero-order valence-corrected chi connectivity index (χ0v) is 13.3. The smallest absolute Gasteiger partial charge is 0.128 e. The third kappa shape index (κ3) is 4.18. The van der Waals surface area contributed by atoms with E-state index in [0.29, 0.717) is 12.1 Å². The minimum atomic E-state index is 0.494. The highest BCUT2D eigenvalue weighted by Gasteiger charge is 2.22. The van der Waals surface area contributed by atoms with Gasteiger partial charge >= 0.3 is 0 Å². The number of hydrogen-bond acceptors (Lipinski definition) is 4. The van der Waals surface area contributed by atoms with Crippen LogP contribution in [0.15, 0.2) is 18.2 Å². The van der Waals surface area contributed by atoms with Crippen LogP contribution in [0.1, 0.15) is 32.4 Å². The number of nitrogens with zero attached hydrogens (tertiary/aromatic N) is 3. The molecule has 0 aliphatic carbocycles. The maximum atomic E-state index is 4.81. The van der Waals surface area contributed by atoms with Gasteiger partial charge in [-0.05, 0) is 39.1 Å². The Morgan fingerprint density at radius 2 is 2.20 bits per heavy atom. The van der Waals surface area contributed by atoms with Gasteiger partial charge in [-0.2, -0.15) is 0 Å². The van der Waals surface area contributed by atoms with Crippen molar-refractivity contribution in [3.05, 3.63) is 23.9 Å². The highest BCUT2D eigenvalue weighted by atomic mass is 15.2. The van der Waals surface area contributed by atoms with E-state index in [1.807, 2.05) is 0 Å². The average molecular weight is 276 g/mol. The second kappa shape index (κ2) is 7.04. The van der Waals surface area contributed by atoms with Crippen LogP contribution in [0.5, 0.6) is 0 Å². The van der Waals surface area contributed by atoms with Gasteiger partial charge in [0, 0.05) is 31.7 Å². The van der Waals surface area contributed by atoms with Crippen molar-refractivity contribution >= 4 is 5.82 Å². The lowest BCUT2D eigenvalue weighted by atomic mass is 10.0. The molecule has 2 rings (SSSR count). The van der Waals surface area contributed by atoms with Crippen LogP contribution in [0.4, 0.5) is 5.82 Å². The fourth-order valence-electron chi connectivity index (χ4n) is 2.63. The van der Waals surface area contributed by atoms with E-state index in [1.165, 1.54) is 12.8 Å². The van der Waals surface area contributed by atoms with Crippen LogP contribution in [0.2, 0.25) is 0 Å². The van der Waals surface area contributed by atoms with Crippen LogP contribution in [-0.2, 0) is 6.54 Å². The highest BCUT2D eigenvalue weighted by Crippen LogP contribution is 2.20. The van der Waals surface area contributed by atoms with Crippen molar-refractivity contribution in [3.63, 3.8) is 0 Å². The molecule has 0 aromatic carbocycles. The molecule has 2 heterocycles. The third-order valence-electron chi connectivity index (χ3n) is 3.93. The van der Waals surface area contributed by atoms with E-state index in [9.17, 15) is 0 Å². The predicted molar refractivity (Wildman–Crippen MR) is 85.1 cm³/mol. The lowest BCUT2D eigenvalue weighted by molar-refractivity contribution is 0.257. The third-order valence-corrected chi connectivity index (χ3v) is 3.93. The van der Waals surface area contributed by atoms with Crippen LogP contribution in [0.25, 0.3) is 0 Å². The number of hydrogen-bond donors (Lipinski definition) is 1. The van der Waals surface area contributed by atoms with Gasteiger partial charge < -0.3 is 15.1 Å². The summed E-state index contributed by atoms with van der Waals surface area (Å²) in [5.74, 6) is 1.12. The second-order valence-corrected chi connectivity index (χ2v) is 6.23. The molecular weight excluding hydrogens is 248 g/mol. The maximum Gasteiger partial charge on any atom is 0.128 e. The van der Waals surface area contributed by atoms with E-state index in [-0.39, 0.29) is 0 Å². The van der Waals surface area contributed by atoms with Crippen LogP contribution >= 0.6 is 0 Å². The predicted octanol–water partition coefficient (Wildman–Crippen LogP) is 2.11. The zero-order chi connectivity index (χ0) is 14.5. The van der Waals surface area contributed by atoms with Crippen LogP contribution in [-0.4, -0.2) is 49.2 Å². The number of rotatable bonds is 5. The van der Waals surface area contributed by atoms with Gasteiger partial charge in [-0.1, -0.05) is 19.9 Å². The molecule has 0 radical (unpaired) electrons. The lowest BCUT2D eigenvalue weighted by Gasteiger charge is -2.36. The average Bonchev–Trinajstić information content (AvgIpc) is 2.45. The van der Waals surface area contributed by atoms with Crippen LogP contribution < -0.4 is 10.2 Å². The van der Waals surface area contributed by atoms with Gasteiger partial charge in [0.15, 0.2) is 0 Å². The van der Waals surface area contributed by atoms with Gasteiger partial charge in [-0.15, -0.1) is 0 Å². The van der Waals surface area contributed by atoms with E-state index < -0.39 is 0 Å². The number of pyridine rings is 1. The molecule has 112 valence electrons. The molecule has 4 heteroatoms. The normalized spacial score (nSPS) is 19.9. The van der Waals surface area contributed by atoms with Gasteiger partial charge in [0.1, 0.15) is 5.82 Å².